The predicted octanol–water partition coefficient (Wildman–Crippen LogP) is 8.07. The first-order valence-corrected chi connectivity index (χ1v) is 19.2. The molecule has 0 aliphatic carbocycles. The van der Waals surface area contributed by atoms with E-state index >= 15 is 0 Å². The van der Waals surface area contributed by atoms with Crippen molar-refractivity contribution in [1.29, 1.82) is 0 Å². The van der Waals surface area contributed by atoms with Crippen molar-refractivity contribution in [3.8, 4) is 0 Å². The number of ketones is 1. The monoisotopic (exact) mass is 744 g/mol. The Kier molecular flexibility index (Phi) is 18.4. The van der Waals surface area contributed by atoms with E-state index < -0.39 is 29.1 Å². The molecule has 0 unspecified atom stereocenters. The number of hydrogen-bond acceptors (Lipinski definition) is 8. The molecule has 1 aliphatic heterocycles. The Morgan fingerprint density at radius 2 is 1.51 bits per heavy atom. The number of unbranched alkanes of at least 4 members (excludes halogenated alkanes) is 6. The maximum absolute atomic E-state index is 13.2. The highest BCUT2D eigenvalue weighted by Crippen LogP contribution is 2.23. The van der Waals surface area contributed by atoms with Crippen LogP contribution in [0, 0.1) is 0 Å². The second-order valence-corrected chi connectivity index (χ2v) is 15.3. The van der Waals surface area contributed by atoms with Crippen LogP contribution in [0.5, 0.6) is 0 Å². The largest absolute Gasteiger partial charge is 0.468 e. The third-order valence-electron chi connectivity index (χ3n) is 8.86. The Morgan fingerprint density at radius 1 is 0.922 bits per heavy atom. The van der Waals surface area contributed by atoms with Crippen molar-refractivity contribution in [3.05, 3.63) is 71.8 Å². The van der Waals surface area contributed by atoms with E-state index in [0.717, 1.165) is 56.1 Å². The highest BCUT2D eigenvalue weighted by Gasteiger charge is 2.40. The van der Waals surface area contributed by atoms with Crippen molar-refractivity contribution >= 4 is 46.8 Å². The van der Waals surface area contributed by atoms with Gasteiger partial charge in [0.15, 0.2) is 0 Å². The summed E-state index contributed by atoms with van der Waals surface area (Å²) in [6, 6.07) is 19.1. The second-order valence-electron chi connectivity index (χ2n) is 14.5. The van der Waals surface area contributed by atoms with E-state index in [-0.39, 0.29) is 29.1 Å². The summed E-state index contributed by atoms with van der Waals surface area (Å²) in [6.07, 6.45) is 7.21. The molecular weight excluding hydrogens is 688 g/mol. The standard InChI is InChI=1S/C40H57ClN2O7S/c1-29(42-38(47)50-40(2,3)4)35(48-27-31-20-14-11-15-21-31)25-24-33(44)22-16-8-6-5-7-9-17-23-34(45)36(41)37(46)43-32(28-49-39(43)51)26-30-18-12-10-13-19-30/h10-15,18-21,29,32,34-36,45H,5-9,16-17,22-28H2,1-4H3,(H,42,47)/t29-,32-,34+,35+,36-/m0/s1. The molecule has 2 amide bonds. The van der Waals surface area contributed by atoms with Crippen molar-refractivity contribution in [3.63, 3.8) is 0 Å². The molecule has 1 heterocycles. The number of ether oxygens (including phenoxy) is 3. The maximum Gasteiger partial charge on any atom is 0.407 e. The third kappa shape index (κ3) is 16.0. The first kappa shape index (κ1) is 42.4. The SMILES string of the molecule is C[C@H](NC(=O)OC(C)(C)C)[C@@H](CCC(=O)CCCCCCCCC[C@@H](O)[C@H](Cl)C(=O)N1C(=S)OC[C@@H]1Cc1ccccc1)OCc1ccccc1. The lowest BCUT2D eigenvalue weighted by Crippen LogP contribution is -2.47. The summed E-state index contributed by atoms with van der Waals surface area (Å²) in [4.78, 5) is 39.7. The van der Waals surface area contributed by atoms with E-state index in [0.29, 0.717) is 45.3 Å². The average molecular weight is 745 g/mol. The number of halogens is 1. The van der Waals surface area contributed by atoms with Gasteiger partial charge < -0.3 is 24.6 Å². The van der Waals surface area contributed by atoms with Gasteiger partial charge in [-0.3, -0.25) is 14.5 Å². The van der Waals surface area contributed by atoms with Crippen LogP contribution in [0.4, 0.5) is 4.79 Å². The van der Waals surface area contributed by atoms with Crippen molar-refractivity contribution < 1.29 is 33.7 Å². The van der Waals surface area contributed by atoms with Crippen LogP contribution in [0.3, 0.4) is 0 Å². The molecule has 0 bridgehead atoms. The topological polar surface area (TPSA) is 114 Å². The van der Waals surface area contributed by atoms with E-state index in [1.807, 2.05) is 88.4 Å². The number of alkyl halides is 1. The van der Waals surface area contributed by atoms with Gasteiger partial charge in [-0.1, -0.05) is 99.2 Å². The molecule has 1 fully saturated rings. The van der Waals surface area contributed by atoms with Gasteiger partial charge in [-0.05, 0) is 76.7 Å². The van der Waals surface area contributed by atoms with E-state index in [2.05, 4.69) is 5.32 Å². The molecule has 0 saturated carbocycles. The van der Waals surface area contributed by atoms with Crippen molar-refractivity contribution in [2.24, 2.45) is 0 Å². The Bertz CT molecular complexity index is 1360. The van der Waals surface area contributed by atoms with Crippen molar-refractivity contribution in [2.75, 3.05) is 6.61 Å². The summed E-state index contributed by atoms with van der Waals surface area (Å²) in [7, 11) is 0. The van der Waals surface area contributed by atoms with Gasteiger partial charge in [0.25, 0.3) is 11.1 Å². The number of hydrogen-bond donors (Lipinski definition) is 2. The van der Waals surface area contributed by atoms with Crippen LogP contribution in [-0.4, -0.2) is 74.8 Å². The maximum atomic E-state index is 13.2. The lowest BCUT2D eigenvalue weighted by Gasteiger charge is -2.27. The molecule has 2 aromatic rings. The normalized spacial score (nSPS) is 16.9. The fourth-order valence-electron chi connectivity index (χ4n) is 6.04. The summed E-state index contributed by atoms with van der Waals surface area (Å²) >= 11 is 11.7. The fraction of sp³-hybridized carbons (Fsp3) is 0.600. The van der Waals surface area contributed by atoms with Crippen LogP contribution in [-0.2, 0) is 36.8 Å². The van der Waals surface area contributed by atoms with Crippen molar-refractivity contribution in [2.45, 2.75) is 147 Å². The molecule has 9 nitrogen and oxygen atoms in total. The zero-order valence-electron chi connectivity index (χ0n) is 30.7. The van der Waals surface area contributed by atoms with Crippen molar-refractivity contribution in [1.82, 2.24) is 10.2 Å². The Hall–Kier alpha value is -3.05. The molecule has 5 atom stereocenters. The molecule has 51 heavy (non-hydrogen) atoms. The van der Waals surface area contributed by atoms with Gasteiger partial charge in [0.05, 0.1) is 30.9 Å². The van der Waals surface area contributed by atoms with E-state index in [4.69, 9.17) is 38.0 Å². The minimum Gasteiger partial charge on any atom is -0.468 e. The number of carbonyl (C=O) groups is 3. The molecule has 0 radical (unpaired) electrons. The van der Waals surface area contributed by atoms with Gasteiger partial charge in [-0.2, -0.15) is 0 Å². The molecule has 0 aromatic heterocycles. The van der Waals surface area contributed by atoms with Crippen LogP contribution in [0.2, 0.25) is 0 Å². The van der Waals surface area contributed by atoms with E-state index in [9.17, 15) is 19.5 Å². The van der Waals surface area contributed by atoms with Gasteiger partial charge in [0, 0.05) is 12.8 Å². The minimum absolute atomic E-state index is 0.111. The predicted molar refractivity (Wildman–Crippen MR) is 205 cm³/mol. The van der Waals surface area contributed by atoms with Crippen LogP contribution >= 0.6 is 23.8 Å². The highest BCUT2D eigenvalue weighted by molar-refractivity contribution is 7.80. The van der Waals surface area contributed by atoms with Crippen LogP contribution in [0.15, 0.2) is 60.7 Å². The number of nitrogens with zero attached hydrogens (tertiary/aromatic N) is 1. The molecule has 1 saturated heterocycles. The lowest BCUT2D eigenvalue weighted by molar-refractivity contribution is -0.130. The van der Waals surface area contributed by atoms with E-state index in [1.54, 1.807) is 0 Å². The van der Waals surface area contributed by atoms with Crippen LogP contribution in [0.1, 0.15) is 109 Å². The molecule has 2 N–H and O–H groups in total. The first-order valence-electron chi connectivity index (χ1n) is 18.4. The number of Topliss-reactive ketones (excluding diaryl/α,β-unsaturated/α-hetero) is 1. The number of thiocarbonyl (C=S) groups is 1. The summed E-state index contributed by atoms with van der Waals surface area (Å²) in [5, 5.41) is 12.6. The van der Waals surface area contributed by atoms with Gasteiger partial charge >= 0.3 is 6.09 Å². The average Bonchev–Trinajstić information content (AvgIpc) is 3.45. The number of carbonyl (C=O) groups excluding carboxylic acids is 3. The number of rotatable bonds is 22. The van der Waals surface area contributed by atoms with Gasteiger partial charge in [0.1, 0.15) is 23.4 Å². The highest BCUT2D eigenvalue weighted by atomic mass is 35.5. The van der Waals surface area contributed by atoms with Gasteiger partial charge in [-0.15, -0.1) is 11.6 Å². The summed E-state index contributed by atoms with van der Waals surface area (Å²) < 4.78 is 17.1. The number of amides is 2. The lowest BCUT2D eigenvalue weighted by atomic mass is 10.0. The second kappa shape index (κ2) is 22.1. The zero-order valence-corrected chi connectivity index (χ0v) is 32.3. The number of nitrogens with one attached hydrogen (secondary N) is 1. The minimum atomic E-state index is -1.09. The molecule has 3 rings (SSSR count). The quantitative estimate of drug-likeness (QED) is 0.0707. The summed E-state index contributed by atoms with van der Waals surface area (Å²) in [5.74, 6) is -0.219. The van der Waals surface area contributed by atoms with E-state index in [1.165, 1.54) is 4.90 Å². The fourth-order valence-corrected chi connectivity index (χ4v) is 6.58. The Labute approximate surface area is 314 Å². The first-order chi connectivity index (χ1) is 24.3. The molecule has 11 heteroatoms. The number of benzene rings is 2. The third-order valence-corrected chi connectivity index (χ3v) is 9.65. The Morgan fingerprint density at radius 3 is 2.14 bits per heavy atom. The smallest absolute Gasteiger partial charge is 0.407 e. The molecule has 282 valence electrons. The summed E-state index contributed by atoms with van der Waals surface area (Å²) in [6.45, 7) is 8.03. The number of aliphatic hydroxyl groups excluding tert-OH is 1. The molecule has 1 aliphatic rings. The van der Waals surface area contributed by atoms with Gasteiger partial charge in [0.2, 0.25) is 0 Å². The zero-order chi connectivity index (χ0) is 37.2. The van der Waals surface area contributed by atoms with Gasteiger partial charge in [-0.25, -0.2) is 4.79 Å². The van der Waals surface area contributed by atoms with Crippen LogP contribution < -0.4 is 5.32 Å². The molecule has 0 spiro atoms. The number of aliphatic hydroxyl groups is 1. The van der Waals surface area contributed by atoms with Crippen LogP contribution in [0.25, 0.3) is 0 Å². The molecule has 2 aromatic carbocycles. The molecular formula is C40H57ClN2O7S. The summed E-state index contributed by atoms with van der Waals surface area (Å²) in [5.41, 5.74) is 1.49. The Balaban J connectivity index is 1.29. The number of alkyl carbamates (subject to hydrolysis) is 1.